The monoisotopic (exact) mass is 306 g/mol. The molecular formula is C15H18N2O3S. The van der Waals surface area contributed by atoms with Crippen molar-refractivity contribution < 1.29 is 14.3 Å². The van der Waals surface area contributed by atoms with Crippen LogP contribution < -0.4 is 5.32 Å². The Morgan fingerprint density at radius 3 is 3.24 bits per heavy atom. The summed E-state index contributed by atoms with van der Waals surface area (Å²) in [7, 11) is 0. The number of carbonyl (C=O) groups excluding carboxylic acids is 1. The van der Waals surface area contributed by atoms with Crippen molar-refractivity contribution in [2.45, 2.75) is 32.2 Å². The molecule has 0 saturated heterocycles. The lowest BCUT2D eigenvalue weighted by Gasteiger charge is -2.29. The molecule has 6 heteroatoms. The van der Waals surface area contributed by atoms with Gasteiger partial charge in [-0.1, -0.05) is 13.3 Å². The lowest BCUT2D eigenvalue weighted by Crippen LogP contribution is -2.44. The third kappa shape index (κ3) is 2.73. The van der Waals surface area contributed by atoms with E-state index in [9.17, 15) is 9.90 Å². The fourth-order valence-electron chi connectivity index (χ4n) is 2.79. The minimum atomic E-state index is -0.227. The van der Waals surface area contributed by atoms with Crippen LogP contribution in [0.2, 0.25) is 0 Å². The largest absolute Gasteiger partial charge is 0.462 e. The summed E-state index contributed by atoms with van der Waals surface area (Å²) in [6, 6.07) is 3.62. The number of aliphatic hydroxyl groups is 1. The van der Waals surface area contributed by atoms with Gasteiger partial charge in [-0.05, 0) is 25.0 Å². The van der Waals surface area contributed by atoms with Gasteiger partial charge in [-0.3, -0.25) is 4.79 Å². The van der Waals surface area contributed by atoms with E-state index in [1.165, 1.54) is 11.3 Å². The zero-order valence-electron chi connectivity index (χ0n) is 11.8. The first-order valence-corrected chi connectivity index (χ1v) is 7.91. The van der Waals surface area contributed by atoms with Crippen molar-refractivity contribution in [2.75, 3.05) is 6.61 Å². The number of aliphatic hydroxyl groups excluding tert-OH is 1. The summed E-state index contributed by atoms with van der Waals surface area (Å²) in [5.41, 5.74) is 0.175. The second kappa shape index (κ2) is 5.61. The van der Waals surface area contributed by atoms with Crippen LogP contribution in [0.1, 0.15) is 36.7 Å². The molecule has 1 fully saturated rings. The first kappa shape index (κ1) is 14.3. The van der Waals surface area contributed by atoms with Gasteiger partial charge < -0.3 is 14.8 Å². The van der Waals surface area contributed by atoms with Crippen molar-refractivity contribution in [3.8, 4) is 10.8 Å². The Bertz CT molecular complexity index is 623. The number of hydrogen-bond donors (Lipinski definition) is 2. The highest BCUT2D eigenvalue weighted by molar-refractivity contribution is 7.13. The molecule has 112 valence electrons. The molecule has 0 bridgehead atoms. The number of aromatic nitrogens is 1. The van der Waals surface area contributed by atoms with Gasteiger partial charge in [-0.2, -0.15) is 0 Å². The molecule has 1 aliphatic rings. The second-order valence-electron chi connectivity index (χ2n) is 5.75. The van der Waals surface area contributed by atoms with Gasteiger partial charge >= 0.3 is 0 Å². The molecular weight excluding hydrogens is 288 g/mol. The fraction of sp³-hybridized carbons (Fsp3) is 0.467. The molecule has 2 unspecified atom stereocenters. The van der Waals surface area contributed by atoms with Crippen molar-refractivity contribution in [2.24, 2.45) is 5.41 Å². The Hall–Kier alpha value is -1.66. The topological polar surface area (TPSA) is 75.4 Å². The molecule has 2 heterocycles. The average Bonchev–Trinajstić information content (AvgIpc) is 3.19. The number of hydrogen-bond acceptors (Lipinski definition) is 5. The van der Waals surface area contributed by atoms with Crippen LogP contribution in [-0.4, -0.2) is 28.6 Å². The van der Waals surface area contributed by atoms with E-state index in [1.807, 2.05) is 13.0 Å². The van der Waals surface area contributed by atoms with Gasteiger partial charge in [0.2, 0.25) is 0 Å². The molecule has 2 aromatic heterocycles. The van der Waals surface area contributed by atoms with Gasteiger partial charge in [-0.15, -0.1) is 11.3 Å². The van der Waals surface area contributed by atoms with Crippen LogP contribution in [0.25, 0.3) is 10.8 Å². The summed E-state index contributed by atoms with van der Waals surface area (Å²) in [5, 5.41) is 15.0. The van der Waals surface area contributed by atoms with E-state index in [0.717, 1.165) is 19.3 Å². The van der Waals surface area contributed by atoms with E-state index in [2.05, 4.69) is 10.3 Å². The molecule has 0 aliphatic heterocycles. The number of amides is 1. The number of nitrogens with zero attached hydrogens (tertiary/aromatic N) is 1. The normalized spacial score (nSPS) is 25.1. The van der Waals surface area contributed by atoms with Crippen LogP contribution in [0.15, 0.2) is 28.2 Å². The number of nitrogens with one attached hydrogen (secondary N) is 1. The maximum absolute atomic E-state index is 12.3. The lowest BCUT2D eigenvalue weighted by molar-refractivity contribution is 0.0826. The fourth-order valence-corrected chi connectivity index (χ4v) is 3.56. The highest BCUT2D eigenvalue weighted by atomic mass is 32.1. The zero-order chi connectivity index (χ0) is 14.9. The summed E-state index contributed by atoms with van der Waals surface area (Å²) in [6.45, 7) is 2.10. The van der Waals surface area contributed by atoms with Gasteiger partial charge in [0.25, 0.3) is 5.91 Å². The summed E-state index contributed by atoms with van der Waals surface area (Å²) < 4.78 is 5.28. The molecule has 5 nitrogen and oxygen atoms in total. The van der Waals surface area contributed by atoms with Gasteiger partial charge in [0, 0.05) is 16.8 Å². The zero-order valence-corrected chi connectivity index (χ0v) is 12.7. The average molecular weight is 306 g/mol. The minimum absolute atomic E-state index is 0.00348. The quantitative estimate of drug-likeness (QED) is 0.910. The molecule has 21 heavy (non-hydrogen) atoms. The Morgan fingerprint density at radius 2 is 2.52 bits per heavy atom. The van der Waals surface area contributed by atoms with Crippen LogP contribution in [0.3, 0.4) is 0 Å². The Morgan fingerprint density at radius 1 is 1.67 bits per heavy atom. The van der Waals surface area contributed by atoms with Crippen molar-refractivity contribution in [3.05, 3.63) is 29.5 Å². The predicted octanol–water partition coefficient (Wildman–Crippen LogP) is 2.68. The molecule has 1 saturated carbocycles. The molecule has 0 radical (unpaired) electrons. The third-order valence-corrected chi connectivity index (χ3v) is 5.07. The van der Waals surface area contributed by atoms with Crippen LogP contribution in [0, 0.1) is 5.41 Å². The second-order valence-corrected chi connectivity index (χ2v) is 6.60. The predicted molar refractivity (Wildman–Crippen MR) is 80.1 cm³/mol. The summed E-state index contributed by atoms with van der Waals surface area (Å²) in [4.78, 5) is 16.6. The van der Waals surface area contributed by atoms with Crippen LogP contribution in [0.4, 0.5) is 0 Å². The molecule has 1 amide bonds. The molecule has 1 aliphatic carbocycles. The van der Waals surface area contributed by atoms with E-state index in [-0.39, 0.29) is 24.0 Å². The van der Waals surface area contributed by atoms with Gasteiger partial charge in [-0.25, -0.2) is 4.98 Å². The Balaban J connectivity index is 1.71. The molecule has 0 spiro atoms. The maximum atomic E-state index is 12.3. The maximum Gasteiger partial charge on any atom is 0.271 e. The Kier molecular flexibility index (Phi) is 3.82. The van der Waals surface area contributed by atoms with E-state index in [0.29, 0.717) is 16.5 Å². The molecule has 2 atom stereocenters. The van der Waals surface area contributed by atoms with Crippen molar-refractivity contribution >= 4 is 17.2 Å². The van der Waals surface area contributed by atoms with Crippen molar-refractivity contribution in [1.82, 2.24) is 10.3 Å². The Labute approximate surface area is 127 Å². The van der Waals surface area contributed by atoms with E-state index in [1.54, 1.807) is 17.7 Å². The summed E-state index contributed by atoms with van der Waals surface area (Å²) in [6.07, 6.45) is 4.44. The molecule has 0 aromatic carbocycles. The van der Waals surface area contributed by atoms with Crippen molar-refractivity contribution in [3.63, 3.8) is 0 Å². The van der Waals surface area contributed by atoms with Crippen LogP contribution in [-0.2, 0) is 0 Å². The number of furan rings is 1. The van der Waals surface area contributed by atoms with Gasteiger partial charge in [0.1, 0.15) is 5.69 Å². The molecule has 3 rings (SSSR count). The summed E-state index contributed by atoms with van der Waals surface area (Å²) >= 11 is 1.38. The van der Waals surface area contributed by atoms with E-state index in [4.69, 9.17) is 4.42 Å². The van der Waals surface area contributed by atoms with E-state index >= 15 is 0 Å². The highest BCUT2D eigenvalue weighted by Gasteiger charge is 2.39. The first-order chi connectivity index (χ1) is 10.1. The molecule has 2 N–H and O–H groups in total. The van der Waals surface area contributed by atoms with Gasteiger partial charge in [0.15, 0.2) is 10.8 Å². The minimum Gasteiger partial charge on any atom is -0.462 e. The highest BCUT2D eigenvalue weighted by Crippen LogP contribution is 2.37. The lowest BCUT2D eigenvalue weighted by atomic mass is 9.86. The standard InChI is InChI=1S/C15H18N2O3S/c1-15(9-18)6-2-5-12(15)17-13(19)10-8-21-14(16-10)11-4-3-7-20-11/h3-4,7-8,12,18H,2,5-6,9H2,1H3,(H,17,19). The third-order valence-electron chi connectivity index (χ3n) is 4.22. The smallest absolute Gasteiger partial charge is 0.271 e. The number of thiazole rings is 1. The first-order valence-electron chi connectivity index (χ1n) is 7.03. The molecule has 2 aromatic rings. The number of rotatable bonds is 4. The van der Waals surface area contributed by atoms with Crippen molar-refractivity contribution in [1.29, 1.82) is 0 Å². The SMILES string of the molecule is CC1(CO)CCCC1NC(=O)c1csc(-c2ccco2)n1. The van der Waals surface area contributed by atoms with Crippen LogP contribution >= 0.6 is 11.3 Å². The van der Waals surface area contributed by atoms with Crippen LogP contribution in [0.5, 0.6) is 0 Å². The summed E-state index contributed by atoms with van der Waals surface area (Å²) in [5.74, 6) is 0.482. The van der Waals surface area contributed by atoms with Gasteiger partial charge in [0.05, 0.1) is 12.9 Å². The van der Waals surface area contributed by atoms with E-state index < -0.39 is 0 Å². The number of carbonyl (C=O) groups is 1.